The van der Waals surface area contributed by atoms with E-state index in [1.165, 1.54) is 85.6 Å². The van der Waals surface area contributed by atoms with Crippen LogP contribution in [0.15, 0.2) is 66.7 Å². The highest BCUT2D eigenvalue weighted by Gasteiger charge is 2.51. The molecule has 0 bridgehead atoms. The van der Waals surface area contributed by atoms with Crippen molar-refractivity contribution in [2.75, 3.05) is 6.54 Å². The van der Waals surface area contributed by atoms with Crippen LogP contribution < -0.4 is 15.6 Å². The fourth-order valence-electron chi connectivity index (χ4n) is 8.48. The van der Waals surface area contributed by atoms with Crippen LogP contribution >= 0.6 is 34.0 Å². The Hall–Kier alpha value is -3.10. The molecule has 51 heavy (non-hydrogen) atoms. The van der Waals surface area contributed by atoms with Crippen LogP contribution in [0.1, 0.15) is 114 Å². The van der Waals surface area contributed by atoms with Crippen LogP contribution in [0.25, 0.3) is 19.5 Å². The van der Waals surface area contributed by atoms with Crippen LogP contribution in [0.2, 0.25) is 6.04 Å². The third kappa shape index (κ3) is 6.69. The highest BCUT2D eigenvalue weighted by Crippen LogP contribution is 2.48. The smallest absolute Gasteiger partial charge is 0.263 e. The van der Waals surface area contributed by atoms with Gasteiger partial charge in [-0.25, -0.2) is 0 Å². The molecule has 266 valence electrons. The summed E-state index contributed by atoms with van der Waals surface area (Å²) in [6.45, 7) is 11.7. The molecule has 2 unspecified atom stereocenters. The molecule has 2 aliphatic rings. The molecule has 2 aromatic carbocycles. The summed E-state index contributed by atoms with van der Waals surface area (Å²) in [6, 6.07) is 26.5. The maximum absolute atomic E-state index is 14.1. The van der Waals surface area contributed by atoms with Crippen LogP contribution in [0.3, 0.4) is 0 Å². The van der Waals surface area contributed by atoms with Gasteiger partial charge in [-0.15, -0.1) is 34.0 Å². The van der Waals surface area contributed by atoms with Crippen molar-refractivity contribution in [1.29, 1.82) is 0 Å². The Kier molecular flexibility index (Phi) is 11.0. The second-order valence-electron chi connectivity index (χ2n) is 14.7. The summed E-state index contributed by atoms with van der Waals surface area (Å²) in [5.41, 5.74) is 4.02. The number of aryl methyl sites for hydroxylation is 4. The fourth-order valence-corrected chi connectivity index (χ4v) is 19.2. The number of benzene rings is 2. The van der Waals surface area contributed by atoms with Gasteiger partial charge in [0, 0.05) is 30.9 Å². The first-order chi connectivity index (χ1) is 24.8. The third-order valence-corrected chi connectivity index (χ3v) is 20.4. The van der Waals surface area contributed by atoms with Crippen molar-refractivity contribution in [3.8, 4) is 19.5 Å². The molecule has 2 amide bonds. The van der Waals surface area contributed by atoms with Gasteiger partial charge in [-0.1, -0.05) is 107 Å². The number of hydrogen-bond donors (Lipinski definition) is 0. The molecule has 7 rings (SSSR count). The lowest BCUT2D eigenvalue weighted by atomic mass is 10.0. The van der Waals surface area contributed by atoms with E-state index in [1.807, 2.05) is 35.7 Å². The average molecular weight is 750 g/mol. The lowest BCUT2D eigenvalue weighted by Gasteiger charge is -2.33. The Morgan fingerprint density at radius 1 is 0.686 bits per heavy atom. The molecule has 0 fully saturated rings. The van der Waals surface area contributed by atoms with E-state index in [2.05, 4.69) is 88.4 Å². The number of imide groups is 1. The zero-order valence-electron chi connectivity index (χ0n) is 30.9. The van der Waals surface area contributed by atoms with Crippen molar-refractivity contribution >= 4 is 69.5 Å². The van der Waals surface area contributed by atoms with E-state index < -0.39 is 8.07 Å². The summed E-state index contributed by atoms with van der Waals surface area (Å²) < 4.78 is 0. The van der Waals surface area contributed by atoms with Gasteiger partial charge in [0.05, 0.1) is 16.0 Å². The van der Waals surface area contributed by atoms with Crippen molar-refractivity contribution in [1.82, 2.24) is 4.90 Å². The van der Waals surface area contributed by atoms with Crippen molar-refractivity contribution in [2.24, 2.45) is 5.92 Å². The van der Waals surface area contributed by atoms with Gasteiger partial charge in [-0.3, -0.25) is 14.5 Å². The van der Waals surface area contributed by atoms with Crippen LogP contribution in [0, 0.1) is 19.8 Å². The topological polar surface area (TPSA) is 37.4 Å². The highest BCUT2D eigenvalue weighted by molar-refractivity contribution is 7.33. The van der Waals surface area contributed by atoms with Gasteiger partial charge >= 0.3 is 0 Å². The Labute approximate surface area is 317 Å². The molecule has 0 aliphatic carbocycles. The molecule has 0 N–H and O–H groups in total. The summed E-state index contributed by atoms with van der Waals surface area (Å²) in [7, 11) is -2.38. The lowest BCUT2D eigenvalue weighted by Crippen LogP contribution is -2.65. The van der Waals surface area contributed by atoms with Crippen molar-refractivity contribution < 1.29 is 9.59 Å². The summed E-state index contributed by atoms with van der Waals surface area (Å²) in [4.78, 5) is 36.8. The number of carbonyl (C=O) groups excluding carboxylic acids is 2. The molecule has 0 radical (unpaired) electrons. The molecule has 2 aliphatic heterocycles. The maximum atomic E-state index is 14.1. The Bertz CT molecular complexity index is 2020. The zero-order valence-corrected chi connectivity index (χ0v) is 34.4. The van der Waals surface area contributed by atoms with E-state index in [-0.39, 0.29) is 11.8 Å². The first-order valence-corrected chi connectivity index (χ1v) is 23.8. The number of thiophene rings is 3. The largest absolute Gasteiger partial charge is 0.274 e. The molecule has 0 spiro atoms. The van der Waals surface area contributed by atoms with Crippen LogP contribution in [-0.2, 0) is 12.8 Å². The SMILES string of the molecule is CCCCc1ccc([Si]2(CC(CC)CCCC)c3cc(C)sc3-c3sc(-c4sc(C)c5c4C(=O)N(CCCCc4ccccc4)C5=O)cc32)cc1. The minimum Gasteiger partial charge on any atom is -0.274 e. The molecule has 3 nitrogen and oxygen atoms in total. The van der Waals surface area contributed by atoms with Crippen LogP contribution in [0.4, 0.5) is 0 Å². The van der Waals surface area contributed by atoms with E-state index in [4.69, 9.17) is 0 Å². The maximum Gasteiger partial charge on any atom is 0.263 e. The van der Waals surface area contributed by atoms with Gasteiger partial charge in [0.15, 0.2) is 8.07 Å². The predicted molar refractivity (Wildman–Crippen MR) is 223 cm³/mol. The van der Waals surface area contributed by atoms with E-state index in [9.17, 15) is 9.59 Å². The quantitative estimate of drug-likeness (QED) is 0.0572. The van der Waals surface area contributed by atoms with Crippen LogP contribution in [-0.4, -0.2) is 31.3 Å². The van der Waals surface area contributed by atoms with E-state index in [0.29, 0.717) is 23.6 Å². The number of amides is 2. The molecule has 5 heterocycles. The predicted octanol–water partition coefficient (Wildman–Crippen LogP) is 10.8. The molecule has 0 saturated carbocycles. The Balaban J connectivity index is 1.27. The van der Waals surface area contributed by atoms with Crippen LogP contribution in [0.5, 0.6) is 0 Å². The normalized spacial score (nSPS) is 16.9. The number of carbonyl (C=O) groups is 2. The monoisotopic (exact) mass is 749 g/mol. The summed E-state index contributed by atoms with van der Waals surface area (Å²) in [6.07, 6.45) is 11.3. The van der Waals surface area contributed by atoms with Gasteiger partial charge in [0.25, 0.3) is 11.8 Å². The van der Waals surface area contributed by atoms with Crippen molar-refractivity contribution in [2.45, 2.75) is 105 Å². The minimum absolute atomic E-state index is 0.105. The zero-order chi connectivity index (χ0) is 35.7. The first-order valence-electron chi connectivity index (χ1n) is 19.2. The number of rotatable bonds is 16. The first kappa shape index (κ1) is 36.3. The third-order valence-electron chi connectivity index (χ3n) is 11.3. The molecule has 0 saturated heterocycles. The summed E-state index contributed by atoms with van der Waals surface area (Å²) >= 11 is 5.47. The van der Waals surface area contributed by atoms with Crippen molar-refractivity contribution in [3.05, 3.63) is 98.7 Å². The minimum atomic E-state index is -2.38. The van der Waals surface area contributed by atoms with Crippen molar-refractivity contribution in [3.63, 3.8) is 0 Å². The lowest BCUT2D eigenvalue weighted by molar-refractivity contribution is 0.0651. The van der Waals surface area contributed by atoms with E-state index in [0.717, 1.165) is 40.3 Å². The second-order valence-corrected chi connectivity index (χ2v) is 22.1. The Morgan fingerprint density at radius 3 is 2.08 bits per heavy atom. The molecular weight excluding hydrogens is 699 g/mol. The molecular formula is C44H51NO2S3Si. The van der Waals surface area contributed by atoms with Gasteiger partial charge in [0.2, 0.25) is 0 Å². The number of hydrogen-bond acceptors (Lipinski definition) is 5. The Morgan fingerprint density at radius 2 is 1.35 bits per heavy atom. The number of fused-ring (bicyclic) bond motifs is 4. The number of unbranched alkanes of at least 4 members (excludes halogenated alkanes) is 3. The van der Waals surface area contributed by atoms with Gasteiger partial charge < -0.3 is 0 Å². The summed E-state index contributed by atoms with van der Waals surface area (Å²) in [5, 5.41) is 4.67. The van der Waals surface area contributed by atoms with E-state index >= 15 is 0 Å². The second kappa shape index (κ2) is 15.5. The van der Waals surface area contributed by atoms with E-state index in [1.54, 1.807) is 16.5 Å². The van der Waals surface area contributed by atoms with Gasteiger partial charge in [-0.05, 0) is 96.7 Å². The molecule has 7 heteroatoms. The average Bonchev–Trinajstić information content (AvgIpc) is 3.93. The molecule has 3 aromatic heterocycles. The fraction of sp³-hybridized carbons (Fsp3) is 0.409. The molecule has 5 aromatic rings. The number of nitrogens with zero attached hydrogens (tertiary/aromatic N) is 1. The standard InChI is InChI=1S/C44H51NO2S3Si/c1-6-9-16-31(8-3)28-51(34-23-21-33(22-24-34)17-10-7-2)36-26-29(4)48-41(36)42-37(51)27-35(50-42)40-39-38(30(5)49-40)43(46)45(44(39)47)25-15-14-20-32-18-12-11-13-19-32/h11-13,18-19,21-24,26-27,31H,6-10,14-17,20,25,28H2,1-5H3. The summed E-state index contributed by atoms with van der Waals surface area (Å²) in [5.74, 6) is 0.456. The molecule has 2 atom stereocenters. The van der Waals surface area contributed by atoms with Gasteiger partial charge in [-0.2, -0.15) is 0 Å². The van der Waals surface area contributed by atoms with Gasteiger partial charge in [0.1, 0.15) is 0 Å². The highest BCUT2D eigenvalue weighted by atomic mass is 32.1.